The number of nitrogens with one attached hydrogen (secondary N) is 3. The first-order chi connectivity index (χ1) is 10.7. The second-order valence-electron chi connectivity index (χ2n) is 7.52. The first kappa shape index (κ1) is 17.6. The highest BCUT2D eigenvalue weighted by Gasteiger charge is 2.29. The minimum Gasteiger partial charge on any atom is -0.444 e. The van der Waals surface area contributed by atoms with Crippen molar-refractivity contribution in [2.24, 2.45) is 5.92 Å². The molecule has 0 aromatic carbocycles. The second-order valence-corrected chi connectivity index (χ2v) is 7.52. The van der Waals surface area contributed by atoms with Gasteiger partial charge in [-0.05, 0) is 58.8 Å². The van der Waals surface area contributed by atoms with Crippen LogP contribution in [0.2, 0.25) is 0 Å². The molecule has 1 aliphatic heterocycles. The monoisotopic (exact) mass is 325 g/mol. The quantitative estimate of drug-likeness (QED) is 0.740. The van der Waals surface area contributed by atoms with Crippen LogP contribution in [0.25, 0.3) is 0 Å². The van der Waals surface area contributed by atoms with Crippen LogP contribution in [0.3, 0.4) is 0 Å². The molecule has 7 nitrogen and oxygen atoms in total. The van der Waals surface area contributed by atoms with Crippen LogP contribution < -0.4 is 16.0 Å². The molecule has 23 heavy (non-hydrogen) atoms. The molecule has 0 unspecified atom stereocenters. The molecule has 0 radical (unpaired) electrons. The Morgan fingerprint density at radius 2 is 1.87 bits per heavy atom. The third-order valence-corrected chi connectivity index (χ3v) is 4.21. The molecular weight excluding hydrogens is 298 g/mol. The van der Waals surface area contributed by atoms with E-state index >= 15 is 0 Å². The van der Waals surface area contributed by atoms with Crippen LogP contribution in [0.1, 0.15) is 59.3 Å². The summed E-state index contributed by atoms with van der Waals surface area (Å²) in [6.45, 7) is 5.54. The standard InChI is InChI=1S/C16H27N3O4/c1-16(2,3)23-15(22)18-11-6-4-10(5-7-11)8-12-9-13(20)19-14(21)17-12/h10-12H,4-9H2,1-3H3,(H,18,22)(H2,17,19,20,21)/t10?,11?,12-/m0/s1. The molecule has 1 heterocycles. The molecular formula is C16H27N3O4. The van der Waals surface area contributed by atoms with Gasteiger partial charge >= 0.3 is 12.1 Å². The summed E-state index contributed by atoms with van der Waals surface area (Å²) in [6, 6.07) is -0.325. The predicted octanol–water partition coefficient (Wildman–Crippen LogP) is 2.06. The van der Waals surface area contributed by atoms with Crippen molar-refractivity contribution in [2.75, 3.05) is 0 Å². The lowest BCUT2D eigenvalue weighted by Gasteiger charge is -2.33. The van der Waals surface area contributed by atoms with Crippen molar-refractivity contribution in [2.45, 2.75) is 77.0 Å². The Morgan fingerprint density at radius 3 is 2.43 bits per heavy atom. The summed E-state index contributed by atoms with van der Waals surface area (Å²) in [5, 5.41) is 7.96. The maximum absolute atomic E-state index is 11.8. The summed E-state index contributed by atoms with van der Waals surface area (Å²) >= 11 is 0. The first-order valence-corrected chi connectivity index (χ1v) is 8.31. The van der Waals surface area contributed by atoms with Crippen LogP contribution in [0, 0.1) is 5.92 Å². The van der Waals surface area contributed by atoms with E-state index in [0.29, 0.717) is 12.3 Å². The molecule has 1 aliphatic carbocycles. The summed E-state index contributed by atoms with van der Waals surface area (Å²) in [5.41, 5.74) is -0.485. The van der Waals surface area contributed by atoms with Gasteiger partial charge in [-0.25, -0.2) is 9.59 Å². The molecule has 0 aromatic heterocycles. The van der Waals surface area contributed by atoms with Crippen LogP contribution >= 0.6 is 0 Å². The average molecular weight is 325 g/mol. The number of ether oxygens (including phenoxy) is 1. The molecule has 1 saturated heterocycles. The maximum Gasteiger partial charge on any atom is 0.407 e. The Kier molecular flexibility index (Phi) is 5.49. The Hall–Kier alpha value is -1.79. The molecule has 1 atom stereocenters. The number of carbonyl (C=O) groups excluding carboxylic acids is 3. The van der Waals surface area contributed by atoms with Crippen molar-refractivity contribution in [3.05, 3.63) is 0 Å². The van der Waals surface area contributed by atoms with E-state index < -0.39 is 11.6 Å². The van der Waals surface area contributed by atoms with Gasteiger partial charge in [0, 0.05) is 18.5 Å². The zero-order valence-electron chi connectivity index (χ0n) is 14.1. The summed E-state index contributed by atoms with van der Waals surface area (Å²) in [7, 11) is 0. The van der Waals surface area contributed by atoms with Gasteiger partial charge in [0.05, 0.1) is 0 Å². The number of carbonyl (C=O) groups is 3. The third kappa shape index (κ3) is 6.08. The van der Waals surface area contributed by atoms with Crippen molar-refractivity contribution >= 4 is 18.0 Å². The summed E-state index contributed by atoms with van der Waals surface area (Å²) < 4.78 is 5.27. The normalized spacial score (nSPS) is 28.6. The summed E-state index contributed by atoms with van der Waals surface area (Å²) in [6.07, 6.45) is 4.56. The van der Waals surface area contributed by atoms with E-state index in [-0.39, 0.29) is 24.1 Å². The SMILES string of the molecule is CC(C)(C)OC(=O)NC1CCC(C[C@H]2CC(=O)NC(=O)N2)CC1. The summed E-state index contributed by atoms with van der Waals surface area (Å²) in [5.74, 6) is 0.266. The lowest BCUT2D eigenvalue weighted by molar-refractivity contribution is -0.121. The van der Waals surface area contributed by atoms with Crippen molar-refractivity contribution < 1.29 is 19.1 Å². The zero-order valence-corrected chi connectivity index (χ0v) is 14.1. The number of amides is 4. The zero-order chi connectivity index (χ0) is 17.0. The van der Waals surface area contributed by atoms with Crippen LogP contribution in [0.5, 0.6) is 0 Å². The van der Waals surface area contributed by atoms with E-state index in [4.69, 9.17) is 4.74 Å². The number of urea groups is 1. The number of imide groups is 1. The largest absolute Gasteiger partial charge is 0.444 e. The molecule has 1 saturated carbocycles. The van der Waals surface area contributed by atoms with Gasteiger partial charge in [0.25, 0.3) is 0 Å². The fraction of sp³-hybridized carbons (Fsp3) is 0.812. The molecule has 0 aromatic rings. The number of hydrogen-bond acceptors (Lipinski definition) is 4. The van der Waals surface area contributed by atoms with E-state index in [1.54, 1.807) is 0 Å². The molecule has 2 rings (SSSR count). The van der Waals surface area contributed by atoms with Gasteiger partial charge in [-0.2, -0.15) is 0 Å². The van der Waals surface area contributed by atoms with Crippen LogP contribution in [-0.4, -0.2) is 35.7 Å². The smallest absolute Gasteiger partial charge is 0.407 e. The highest BCUT2D eigenvalue weighted by Crippen LogP contribution is 2.29. The van der Waals surface area contributed by atoms with Gasteiger partial charge in [-0.15, -0.1) is 0 Å². The molecule has 3 N–H and O–H groups in total. The average Bonchev–Trinajstić information content (AvgIpc) is 2.37. The van der Waals surface area contributed by atoms with E-state index in [9.17, 15) is 14.4 Å². The van der Waals surface area contributed by atoms with Crippen molar-refractivity contribution in [1.82, 2.24) is 16.0 Å². The fourth-order valence-corrected chi connectivity index (χ4v) is 3.24. The van der Waals surface area contributed by atoms with Gasteiger partial charge in [-0.1, -0.05) is 0 Å². The molecule has 2 aliphatic rings. The number of rotatable bonds is 3. The van der Waals surface area contributed by atoms with Gasteiger partial charge in [-0.3, -0.25) is 10.1 Å². The Labute approximate surface area is 136 Å². The third-order valence-electron chi connectivity index (χ3n) is 4.21. The predicted molar refractivity (Wildman–Crippen MR) is 84.8 cm³/mol. The van der Waals surface area contributed by atoms with Crippen LogP contribution in [0.4, 0.5) is 9.59 Å². The Morgan fingerprint density at radius 1 is 1.22 bits per heavy atom. The molecule has 4 amide bonds. The van der Waals surface area contributed by atoms with Gasteiger partial charge < -0.3 is 15.4 Å². The molecule has 0 bridgehead atoms. The molecule has 0 spiro atoms. The minimum absolute atomic E-state index is 0.0726. The lowest BCUT2D eigenvalue weighted by Crippen LogP contribution is -2.52. The van der Waals surface area contributed by atoms with E-state index in [0.717, 1.165) is 32.1 Å². The summed E-state index contributed by atoms with van der Waals surface area (Å²) in [4.78, 5) is 34.5. The highest BCUT2D eigenvalue weighted by molar-refractivity contribution is 5.97. The van der Waals surface area contributed by atoms with E-state index in [2.05, 4.69) is 16.0 Å². The van der Waals surface area contributed by atoms with Gasteiger partial charge in [0.1, 0.15) is 5.60 Å². The second kappa shape index (κ2) is 7.19. The lowest BCUT2D eigenvalue weighted by atomic mass is 9.81. The van der Waals surface area contributed by atoms with E-state index in [1.807, 2.05) is 20.8 Å². The number of hydrogen-bond donors (Lipinski definition) is 3. The Balaban J connectivity index is 1.70. The highest BCUT2D eigenvalue weighted by atomic mass is 16.6. The van der Waals surface area contributed by atoms with E-state index in [1.165, 1.54) is 0 Å². The first-order valence-electron chi connectivity index (χ1n) is 8.31. The van der Waals surface area contributed by atoms with Gasteiger partial charge in [0.2, 0.25) is 5.91 Å². The number of alkyl carbamates (subject to hydrolysis) is 1. The maximum atomic E-state index is 11.8. The Bertz CT molecular complexity index is 448. The van der Waals surface area contributed by atoms with Crippen molar-refractivity contribution in [3.63, 3.8) is 0 Å². The van der Waals surface area contributed by atoms with Gasteiger partial charge in [0.15, 0.2) is 0 Å². The minimum atomic E-state index is -0.485. The topological polar surface area (TPSA) is 96.5 Å². The molecule has 130 valence electrons. The van der Waals surface area contributed by atoms with Crippen LogP contribution in [0.15, 0.2) is 0 Å². The van der Waals surface area contributed by atoms with Crippen molar-refractivity contribution in [1.29, 1.82) is 0 Å². The fourth-order valence-electron chi connectivity index (χ4n) is 3.24. The van der Waals surface area contributed by atoms with Crippen LogP contribution in [-0.2, 0) is 9.53 Å². The molecule has 2 fully saturated rings. The molecule has 7 heteroatoms. The van der Waals surface area contributed by atoms with Crippen molar-refractivity contribution in [3.8, 4) is 0 Å².